The minimum atomic E-state index is -0.0214. The van der Waals surface area contributed by atoms with E-state index in [0.29, 0.717) is 12.3 Å². The Labute approximate surface area is 109 Å². The molecule has 0 aliphatic heterocycles. The van der Waals surface area contributed by atoms with Gasteiger partial charge in [0, 0.05) is 6.42 Å². The number of benzene rings is 1. The molecule has 0 atom stereocenters. The van der Waals surface area contributed by atoms with Crippen LogP contribution >= 0.6 is 0 Å². The summed E-state index contributed by atoms with van der Waals surface area (Å²) in [6, 6.07) is 8.20. The molecule has 1 amide bonds. The van der Waals surface area contributed by atoms with Gasteiger partial charge in [0.15, 0.2) is 0 Å². The SMILES string of the molecule is CCCCC(=O)N/N=C/c1ccc(C(C)C)cc1. The molecule has 0 heterocycles. The first kappa shape index (κ1) is 14.4. The van der Waals surface area contributed by atoms with Crippen LogP contribution in [0.25, 0.3) is 0 Å². The first-order chi connectivity index (χ1) is 8.63. The lowest BCUT2D eigenvalue weighted by atomic mass is 10.0. The van der Waals surface area contributed by atoms with Crippen molar-refractivity contribution in [2.45, 2.75) is 46.0 Å². The van der Waals surface area contributed by atoms with Crippen molar-refractivity contribution in [1.29, 1.82) is 0 Å². The molecule has 0 aliphatic carbocycles. The van der Waals surface area contributed by atoms with E-state index < -0.39 is 0 Å². The van der Waals surface area contributed by atoms with Gasteiger partial charge in [-0.2, -0.15) is 5.10 Å². The van der Waals surface area contributed by atoms with Crippen molar-refractivity contribution in [3.8, 4) is 0 Å². The number of hydrazone groups is 1. The van der Waals surface area contributed by atoms with E-state index in [4.69, 9.17) is 0 Å². The van der Waals surface area contributed by atoms with Gasteiger partial charge >= 0.3 is 0 Å². The maximum atomic E-state index is 11.3. The minimum Gasteiger partial charge on any atom is -0.273 e. The number of unbranched alkanes of at least 4 members (excludes halogenated alkanes) is 1. The molecular weight excluding hydrogens is 224 g/mol. The highest BCUT2D eigenvalue weighted by Crippen LogP contribution is 2.13. The fourth-order valence-corrected chi connectivity index (χ4v) is 1.54. The summed E-state index contributed by atoms with van der Waals surface area (Å²) in [5, 5.41) is 3.94. The monoisotopic (exact) mass is 246 g/mol. The Morgan fingerprint density at radius 1 is 1.33 bits per heavy atom. The van der Waals surface area contributed by atoms with Gasteiger partial charge in [-0.05, 0) is 23.5 Å². The molecule has 1 aromatic carbocycles. The van der Waals surface area contributed by atoms with Crippen molar-refractivity contribution in [2.75, 3.05) is 0 Å². The molecule has 0 aliphatic rings. The number of nitrogens with zero attached hydrogens (tertiary/aromatic N) is 1. The van der Waals surface area contributed by atoms with Gasteiger partial charge in [-0.15, -0.1) is 0 Å². The van der Waals surface area contributed by atoms with Gasteiger partial charge in [0.05, 0.1) is 6.21 Å². The third-order valence-electron chi connectivity index (χ3n) is 2.76. The van der Waals surface area contributed by atoms with Crippen LogP contribution in [0.15, 0.2) is 29.4 Å². The Kier molecular flexibility index (Phi) is 6.12. The summed E-state index contributed by atoms with van der Waals surface area (Å²) < 4.78 is 0. The predicted octanol–water partition coefficient (Wildman–Crippen LogP) is 3.45. The zero-order valence-corrected chi connectivity index (χ0v) is 11.4. The highest BCUT2D eigenvalue weighted by Gasteiger charge is 1.98. The first-order valence-corrected chi connectivity index (χ1v) is 6.55. The third kappa shape index (κ3) is 5.13. The van der Waals surface area contributed by atoms with Crippen LogP contribution in [0.5, 0.6) is 0 Å². The van der Waals surface area contributed by atoms with Crippen molar-refractivity contribution in [2.24, 2.45) is 5.10 Å². The average Bonchev–Trinajstić information content (AvgIpc) is 2.37. The van der Waals surface area contributed by atoms with Gasteiger partial charge in [0.1, 0.15) is 0 Å². The van der Waals surface area contributed by atoms with Gasteiger partial charge in [-0.25, -0.2) is 5.43 Å². The van der Waals surface area contributed by atoms with Crippen molar-refractivity contribution in [3.05, 3.63) is 35.4 Å². The summed E-state index contributed by atoms with van der Waals surface area (Å²) in [6.45, 7) is 6.39. The number of hydrogen-bond acceptors (Lipinski definition) is 2. The van der Waals surface area contributed by atoms with Crippen LogP contribution in [0.1, 0.15) is 57.1 Å². The molecule has 3 heteroatoms. The smallest absolute Gasteiger partial charge is 0.240 e. The van der Waals surface area contributed by atoms with E-state index in [0.717, 1.165) is 18.4 Å². The maximum Gasteiger partial charge on any atom is 0.240 e. The van der Waals surface area contributed by atoms with Crippen LogP contribution in [-0.2, 0) is 4.79 Å². The second-order valence-corrected chi connectivity index (χ2v) is 4.72. The summed E-state index contributed by atoms with van der Waals surface area (Å²) in [7, 11) is 0. The lowest BCUT2D eigenvalue weighted by Gasteiger charge is -2.04. The summed E-state index contributed by atoms with van der Waals surface area (Å²) in [5.74, 6) is 0.511. The molecule has 0 bridgehead atoms. The highest BCUT2D eigenvalue weighted by molar-refractivity contribution is 5.82. The van der Waals surface area contributed by atoms with Crippen molar-refractivity contribution < 1.29 is 4.79 Å². The van der Waals surface area contributed by atoms with E-state index in [1.165, 1.54) is 5.56 Å². The Hall–Kier alpha value is -1.64. The minimum absolute atomic E-state index is 0.0214. The molecule has 98 valence electrons. The fraction of sp³-hybridized carbons (Fsp3) is 0.467. The Morgan fingerprint density at radius 2 is 2.00 bits per heavy atom. The Bertz CT molecular complexity index is 393. The van der Waals surface area contributed by atoms with Crippen LogP contribution in [0.3, 0.4) is 0 Å². The largest absolute Gasteiger partial charge is 0.273 e. The maximum absolute atomic E-state index is 11.3. The van der Waals surface area contributed by atoms with Crippen molar-refractivity contribution in [3.63, 3.8) is 0 Å². The molecule has 0 saturated carbocycles. The van der Waals surface area contributed by atoms with E-state index in [1.807, 2.05) is 12.1 Å². The summed E-state index contributed by atoms with van der Waals surface area (Å²) >= 11 is 0. The van der Waals surface area contributed by atoms with E-state index in [1.54, 1.807) is 6.21 Å². The third-order valence-corrected chi connectivity index (χ3v) is 2.76. The molecular formula is C15H22N2O. The quantitative estimate of drug-likeness (QED) is 0.606. The second kappa shape index (κ2) is 7.64. The average molecular weight is 246 g/mol. The van der Waals surface area contributed by atoms with Crippen LogP contribution in [0.4, 0.5) is 0 Å². The summed E-state index contributed by atoms with van der Waals surface area (Å²) in [4.78, 5) is 11.3. The van der Waals surface area contributed by atoms with Gasteiger partial charge in [0.2, 0.25) is 5.91 Å². The zero-order valence-electron chi connectivity index (χ0n) is 11.4. The topological polar surface area (TPSA) is 41.5 Å². The summed E-state index contributed by atoms with van der Waals surface area (Å²) in [5.41, 5.74) is 4.83. The van der Waals surface area contributed by atoms with Gasteiger partial charge in [0.25, 0.3) is 0 Å². The van der Waals surface area contributed by atoms with Crippen LogP contribution in [0, 0.1) is 0 Å². The highest BCUT2D eigenvalue weighted by atomic mass is 16.2. The van der Waals surface area contributed by atoms with E-state index in [-0.39, 0.29) is 5.91 Å². The molecule has 1 N–H and O–H groups in total. The molecule has 0 spiro atoms. The standard InChI is InChI=1S/C15H22N2O/c1-4-5-6-15(18)17-16-11-13-7-9-14(10-8-13)12(2)3/h7-12H,4-6H2,1-3H3,(H,17,18)/b16-11+. The fourth-order valence-electron chi connectivity index (χ4n) is 1.54. The number of carbonyl (C=O) groups excluding carboxylic acids is 1. The van der Waals surface area contributed by atoms with E-state index in [2.05, 4.69) is 43.4 Å². The van der Waals surface area contributed by atoms with E-state index in [9.17, 15) is 4.79 Å². The van der Waals surface area contributed by atoms with Gasteiger partial charge < -0.3 is 0 Å². The van der Waals surface area contributed by atoms with E-state index >= 15 is 0 Å². The normalized spacial score (nSPS) is 11.1. The van der Waals surface area contributed by atoms with Crippen LogP contribution < -0.4 is 5.43 Å². The molecule has 1 aromatic rings. The Morgan fingerprint density at radius 3 is 2.56 bits per heavy atom. The zero-order chi connectivity index (χ0) is 13.4. The molecule has 0 fully saturated rings. The van der Waals surface area contributed by atoms with Crippen molar-refractivity contribution >= 4 is 12.1 Å². The van der Waals surface area contributed by atoms with Crippen LogP contribution in [-0.4, -0.2) is 12.1 Å². The predicted molar refractivity (Wildman–Crippen MR) is 75.8 cm³/mol. The lowest BCUT2D eigenvalue weighted by Crippen LogP contribution is -2.16. The van der Waals surface area contributed by atoms with Crippen molar-refractivity contribution in [1.82, 2.24) is 5.43 Å². The molecule has 0 saturated heterocycles. The lowest BCUT2D eigenvalue weighted by molar-refractivity contribution is -0.121. The number of amides is 1. The number of nitrogens with one attached hydrogen (secondary N) is 1. The second-order valence-electron chi connectivity index (χ2n) is 4.72. The molecule has 3 nitrogen and oxygen atoms in total. The molecule has 1 rings (SSSR count). The van der Waals surface area contributed by atoms with Gasteiger partial charge in [-0.1, -0.05) is 51.5 Å². The first-order valence-electron chi connectivity index (χ1n) is 6.55. The van der Waals surface area contributed by atoms with Crippen LogP contribution in [0.2, 0.25) is 0 Å². The summed E-state index contributed by atoms with van der Waals surface area (Å²) in [6.07, 6.45) is 4.15. The molecule has 0 aromatic heterocycles. The van der Waals surface area contributed by atoms with Gasteiger partial charge in [-0.3, -0.25) is 4.79 Å². The molecule has 18 heavy (non-hydrogen) atoms. The number of rotatable bonds is 6. The molecule has 0 radical (unpaired) electrons. The molecule has 0 unspecified atom stereocenters. The number of carbonyl (C=O) groups is 1. The number of hydrogen-bond donors (Lipinski definition) is 1. The Balaban J connectivity index is 2.44.